The Labute approximate surface area is 80.8 Å². The molecule has 0 aromatic heterocycles. The summed E-state index contributed by atoms with van der Waals surface area (Å²) in [6.07, 6.45) is 0. The average Bonchev–Trinajstić information content (AvgIpc) is 0. The van der Waals surface area contributed by atoms with Gasteiger partial charge in [0.15, 0.2) is 0 Å². The minimum Gasteiger partial charge on any atom is 0 e. The molecule has 0 heterocycles. The van der Waals surface area contributed by atoms with E-state index in [1.807, 2.05) is 0 Å². The molecule has 0 fully saturated rings. The molecule has 0 spiro atoms. The SMILES string of the molecule is [Cu].[Cu].[I].[I]. The van der Waals surface area contributed by atoms with Crippen LogP contribution in [0, 0.1) is 0 Å². The normalized spacial score (nSPS) is 0. The third-order valence-electron chi connectivity index (χ3n) is 0. The first-order valence-corrected chi connectivity index (χ1v) is 0. The molecule has 0 atom stereocenters. The summed E-state index contributed by atoms with van der Waals surface area (Å²) in [5.41, 5.74) is 0. The Morgan fingerprint density at radius 1 is 0.500 bits per heavy atom. The molecule has 0 aliphatic rings. The molecule has 4 heteroatoms. The van der Waals surface area contributed by atoms with Crippen LogP contribution in [0.4, 0.5) is 0 Å². The zero-order chi connectivity index (χ0) is 0. The van der Waals surface area contributed by atoms with E-state index in [4.69, 9.17) is 0 Å². The van der Waals surface area contributed by atoms with Crippen molar-refractivity contribution in [2.45, 2.75) is 0 Å². The van der Waals surface area contributed by atoms with Crippen molar-refractivity contribution in [3.63, 3.8) is 0 Å². The number of rotatable bonds is 0. The summed E-state index contributed by atoms with van der Waals surface area (Å²) in [5, 5.41) is 0. The summed E-state index contributed by atoms with van der Waals surface area (Å²) >= 11 is 0. The number of hydrogen-bond acceptors (Lipinski definition) is 0. The zero-order valence-corrected chi connectivity index (χ0v) is 7.56. The van der Waals surface area contributed by atoms with Crippen LogP contribution < -0.4 is 0 Å². The molecule has 0 saturated carbocycles. The van der Waals surface area contributed by atoms with E-state index in [0.29, 0.717) is 0 Å². The summed E-state index contributed by atoms with van der Waals surface area (Å²) in [5.74, 6) is 0. The van der Waals surface area contributed by atoms with E-state index in [2.05, 4.69) is 0 Å². The van der Waals surface area contributed by atoms with E-state index in [0.717, 1.165) is 0 Å². The van der Waals surface area contributed by atoms with Gasteiger partial charge >= 0.3 is 0 Å². The van der Waals surface area contributed by atoms with Crippen LogP contribution in [-0.2, 0) is 34.1 Å². The van der Waals surface area contributed by atoms with Gasteiger partial charge in [-0.15, -0.1) is 0 Å². The summed E-state index contributed by atoms with van der Waals surface area (Å²) in [6, 6.07) is 0. The number of hydrogen-bond donors (Lipinski definition) is 0. The van der Waals surface area contributed by atoms with Gasteiger partial charge in [0.05, 0.1) is 0 Å². The molecule has 0 saturated heterocycles. The molecule has 0 bridgehead atoms. The Hall–Kier alpha value is 2.50. The van der Waals surface area contributed by atoms with E-state index in [1.54, 1.807) is 0 Å². The Kier molecular flexibility index (Phi) is 140. The summed E-state index contributed by atoms with van der Waals surface area (Å²) in [6.45, 7) is 0. The van der Waals surface area contributed by atoms with E-state index < -0.39 is 0 Å². The molecule has 0 aliphatic heterocycles. The van der Waals surface area contributed by atoms with Crippen LogP contribution in [0.3, 0.4) is 0 Å². The first-order valence-electron chi connectivity index (χ1n) is 0. The average molecular weight is 381 g/mol. The minimum atomic E-state index is 0. The fourth-order valence-electron chi connectivity index (χ4n) is 0. The molecular formula is Cu2I2. The summed E-state index contributed by atoms with van der Waals surface area (Å²) < 4.78 is 0. The summed E-state index contributed by atoms with van der Waals surface area (Å²) in [4.78, 5) is 0. The fourth-order valence-corrected chi connectivity index (χ4v) is 0. The first-order chi connectivity index (χ1) is 0. The molecule has 0 aromatic carbocycles. The van der Waals surface area contributed by atoms with Crippen molar-refractivity contribution in [2.75, 3.05) is 0 Å². The largest absolute Gasteiger partial charge is 0 e. The van der Waals surface area contributed by atoms with Gasteiger partial charge in [-0.05, 0) is 0 Å². The fraction of sp³-hybridized carbons (Fsp3) is 0. The van der Waals surface area contributed by atoms with Crippen LogP contribution in [-0.4, -0.2) is 0 Å². The molecule has 36 valence electrons. The molecule has 0 aliphatic carbocycles. The monoisotopic (exact) mass is 380 g/mol. The van der Waals surface area contributed by atoms with E-state index in [-0.39, 0.29) is 82.1 Å². The van der Waals surface area contributed by atoms with Crippen molar-refractivity contribution < 1.29 is 34.1 Å². The van der Waals surface area contributed by atoms with Gasteiger partial charge in [-0.2, -0.15) is 0 Å². The van der Waals surface area contributed by atoms with Gasteiger partial charge in [-0.1, -0.05) is 0 Å². The van der Waals surface area contributed by atoms with Gasteiger partial charge in [0.25, 0.3) is 0 Å². The van der Waals surface area contributed by atoms with Crippen molar-refractivity contribution in [3.8, 4) is 0 Å². The van der Waals surface area contributed by atoms with Crippen LogP contribution in [0.15, 0.2) is 0 Å². The minimum absolute atomic E-state index is 0. The van der Waals surface area contributed by atoms with Crippen molar-refractivity contribution in [3.05, 3.63) is 0 Å². The molecule has 0 aromatic rings. The van der Waals surface area contributed by atoms with Gasteiger partial charge in [-0.25, -0.2) is 0 Å². The molecule has 4 heavy (non-hydrogen) atoms. The Balaban J connectivity index is 0. The molecule has 0 rings (SSSR count). The quantitative estimate of drug-likeness (QED) is 0.444. The third kappa shape index (κ3) is 8.82. The predicted molar refractivity (Wildman–Crippen MR) is 28.0 cm³/mol. The molecule has 0 nitrogen and oxygen atoms in total. The standard InChI is InChI=1S/2Cu.2I. The van der Waals surface area contributed by atoms with E-state index >= 15 is 0 Å². The van der Waals surface area contributed by atoms with Gasteiger partial charge in [0.2, 0.25) is 0 Å². The van der Waals surface area contributed by atoms with Crippen molar-refractivity contribution >= 4 is 48.0 Å². The third-order valence-corrected chi connectivity index (χ3v) is 0. The van der Waals surface area contributed by atoms with Crippen molar-refractivity contribution in [1.82, 2.24) is 0 Å². The topological polar surface area (TPSA) is 0 Å². The van der Waals surface area contributed by atoms with Crippen LogP contribution in [0.2, 0.25) is 0 Å². The summed E-state index contributed by atoms with van der Waals surface area (Å²) in [7, 11) is 0. The van der Waals surface area contributed by atoms with E-state index in [1.165, 1.54) is 0 Å². The maximum Gasteiger partial charge on any atom is 0 e. The molecule has 0 unspecified atom stereocenters. The second-order valence-corrected chi connectivity index (χ2v) is 0. The van der Waals surface area contributed by atoms with Gasteiger partial charge < -0.3 is 0 Å². The second kappa shape index (κ2) is 17.8. The Morgan fingerprint density at radius 3 is 0.500 bits per heavy atom. The van der Waals surface area contributed by atoms with Gasteiger partial charge in [0.1, 0.15) is 0 Å². The maximum absolute atomic E-state index is 0. The molecule has 4 radical (unpaired) electrons. The van der Waals surface area contributed by atoms with Crippen molar-refractivity contribution in [2.24, 2.45) is 0 Å². The predicted octanol–water partition coefficient (Wildman–Crippen LogP) is 1.77. The van der Waals surface area contributed by atoms with Gasteiger partial charge in [0, 0.05) is 82.1 Å². The van der Waals surface area contributed by atoms with E-state index in [9.17, 15) is 0 Å². The van der Waals surface area contributed by atoms with Crippen LogP contribution in [0.25, 0.3) is 0 Å². The smallest absolute Gasteiger partial charge is 0 e. The van der Waals surface area contributed by atoms with Crippen LogP contribution in [0.1, 0.15) is 0 Å². The first kappa shape index (κ1) is 31.5. The van der Waals surface area contributed by atoms with Gasteiger partial charge in [-0.3, -0.25) is 0 Å². The van der Waals surface area contributed by atoms with Crippen LogP contribution >= 0.6 is 48.0 Å². The molecular weight excluding hydrogens is 381 g/mol. The second-order valence-electron chi connectivity index (χ2n) is 0. The zero-order valence-electron chi connectivity index (χ0n) is 1.36. The number of halogens is 2. The molecule has 0 N–H and O–H groups in total. The Morgan fingerprint density at radius 2 is 0.500 bits per heavy atom. The van der Waals surface area contributed by atoms with Crippen LogP contribution in [0.5, 0.6) is 0 Å². The molecule has 0 amide bonds. The maximum atomic E-state index is 0. The Bertz CT molecular complexity index is 4.00. The van der Waals surface area contributed by atoms with Crippen molar-refractivity contribution in [1.29, 1.82) is 0 Å².